The second-order valence-corrected chi connectivity index (χ2v) is 5.51. The lowest BCUT2D eigenvalue weighted by Crippen LogP contribution is -2.46. The van der Waals surface area contributed by atoms with Crippen molar-refractivity contribution in [2.75, 3.05) is 51.2 Å². The number of anilines is 1. The highest BCUT2D eigenvalue weighted by atomic mass is 35.5. The standard InChI is InChI=1S/C13H19ClN6/c1-18(8-9-19-6-4-15-5-7-19)13-16-12-3-2-11(14)10-20(12)17-13/h2-3,10,15H,4-9H2,1H3. The maximum absolute atomic E-state index is 5.96. The Kier molecular flexibility index (Phi) is 4.05. The molecule has 3 rings (SSSR count). The summed E-state index contributed by atoms with van der Waals surface area (Å²) in [6.45, 7) is 6.34. The number of nitrogens with zero attached hydrogens (tertiary/aromatic N) is 5. The largest absolute Gasteiger partial charge is 0.341 e. The summed E-state index contributed by atoms with van der Waals surface area (Å²) in [5.41, 5.74) is 0.818. The molecule has 1 aliphatic heterocycles. The van der Waals surface area contributed by atoms with Gasteiger partial charge in [0.2, 0.25) is 5.95 Å². The van der Waals surface area contributed by atoms with Crippen molar-refractivity contribution in [3.05, 3.63) is 23.4 Å². The monoisotopic (exact) mass is 294 g/mol. The van der Waals surface area contributed by atoms with Crippen LogP contribution in [0.15, 0.2) is 18.3 Å². The zero-order valence-corrected chi connectivity index (χ0v) is 12.3. The molecule has 6 nitrogen and oxygen atoms in total. The van der Waals surface area contributed by atoms with Crippen LogP contribution in [0.5, 0.6) is 0 Å². The molecule has 1 fully saturated rings. The number of likely N-dealkylation sites (N-methyl/N-ethyl adjacent to an activating group) is 1. The molecule has 1 saturated heterocycles. The number of nitrogens with one attached hydrogen (secondary N) is 1. The minimum absolute atomic E-state index is 0.664. The third-order valence-electron chi connectivity index (χ3n) is 3.59. The van der Waals surface area contributed by atoms with Crippen molar-refractivity contribution in [3.63, 3.8) is 0 Å². The van der Waals surface area contributed by atoms with Crippen molar-refractivity contribution in [2.45, 2.75) is 0 Å². The molecule has 0 saturated carbocycles. The second-order valence-electron chi connectivity index (χ2n) is 5.08. The molecule has 20 heavy (non-hydrogen) atoms. The molecular formula is C13H19ClN6. The number of hydrogen-bond donors (Lipinski definition) is 1. The number of halogens is 1. The Balaban J connectivity index is 1.64. The Morgan fingerprint density at radius 3 is 2.95 bits per heavy atom. The van der Waals surface area contributed by atoms with Crippen molar-refractivity contribution >= 4 is 23.2 Å². The lowest BCUT2D eigenvalue weighted by molar-refractivity contribution is 0.246. The summed E-state index contributed by atoms with van der Waals surface area (Å²) in [6.07, 6.45) is 1.78. The van der Waals surface area contributed by atoms with Gasteiger partial charge in [-0.2, -0.15) is 4.98 Å². The highest BCUT2D eigenvalue weighted by Crippen LogP contribution is 2.13. The lowest BCUT2D eigenvalue weighted by Gasteiger charge is -2.28. The van der Waals surface area contributed by atoms with E-state index in [0.29, 0.717) is 5.02 Å². The van der Waals surface area contributed by atoms with Crippen LogP contribution in [0.1, 0.15) is 0 Å². The van der Waals surface area contributed by atoms with Crippen LogP contribution in [-0.4, -0.2) is 65.8 Å². The van der Waals surface area contributed by atoms with E-state index >= 15 is 0 Å². The van der Waals surface area contributed by atoms with Crippen LogP contribution in [0.25, 0.3) is 5.65 Å². The summed E-state index contributed by atoms with van der Waals surface area (Å²) in [4.78, 5) is 9.05. The number of fused-ring (bicyclic) bond motifs is 1. The van der Waals surface area contributed by atoms with Gasteiger partial charge in [-0.05, 0) is 12.1 Å². The first-order chi connectivity index (χ1) is 9.72. The summed E-state index contributed by atoms with van der Waals surface area (Å²) < 4.78 is 1.72. The molecule has 0 aliphatic carbocycles. The molecule has 0 spiro atoms. The van der Waals surface area contributed by atoms with Gasteiger partial charge in [-0.25, -0.2) is 4.52 Å². The minimum atomic E-state index is 0.664. The smallest absolute Gasteiger partial charge is 0.245 e. The zero-order chi connectivity index (χ0) is 13.9. The highest BCUT2D eigenvalue weighted by Gasteiger charge is 2.12. The van der Waals surface area contributed by atoms with E-state index in [2.05, 4.69) is 25.2 Å². The van der Waals surface area contributed by atoms with E-state index in [1.807, 2.05) is 19.2 Å². The molecule has 1 N–H and O–H groups in total. The second kappa shape index (κ2) is 5.95. The number of hydrogen-bond acceptors (Lipinski definition) is 5. The average molecular weight is 295 g/mol. The van der Waals surface area contributed by atoms with E-state index in [4.69, 9.17) is 11.6 Å². The van der Waals surface area contributed by atoms with E-state index in [1.54, 1.807) is 10.7 Å². The molecule has 0 atom stereocenters. The van der Waals surface area contributed by atoms with Crippen LogP contribution < -0.4 is 10.2 Å². The molecule has 2 aromatic rings. The quantitative estimate of drug-likeness (QED) is 0.901. The first-order valence-electron chi connectivity index (χ1n) is 6.88. The summed E-state index contributed by atoms with van der Waals surface area (Å²) in [6, 6.07) is 3.71. The molecule has 3 heterocycles. The van der Waals surface area contributed by atoms with E-state index < -0.39 is 0 Å². The highest BCUT2D eigenvalue weighted by molar-refractivity contribution is 6.30. The summed E-state index contributed by atoms with van der Waals surface area (Å²) in [5, 5.41) is 8.48. The number of aromatic nitrogens is 3. The molecule has 0 unspecified atom stereocenters. The van der Waals surface area contributed by atoms with Crippen molar-refractivity contribution < 1.29 is 0 Å². The van der Waals surface area contributed by atoms with Crippen molar-refractivity contribution in [1.29, 1.82) is 0 Å². The van der Waals surface area contributed by atoms with Crippen LogP contribution in [0.4, 0.5) is 5.95 Å². The maximum atomic E-state index is 5.96. The summed E-state index contributed by atoms with van der Waals surface area (Å²) in [7, 11) is 2.03. The van der Waals surface area contributed by atoms with Crippen LogP contribution in [0.2, 0.25) is 5.02 Å². The Bertz CT molecular complexity index is 577. The minimum Gasteiger partial charge on any atom is -0.341 e. The molecule has 1 aliphatic rings. The van der Waals surface area contributed by atoms with Gasteiger partial charge in [0.1, 0.15) is 0 Å². The fourth-order valence-corrected chi connectivity index (χ4v) is 2.49. The summed E-state index contributed by atoms with van der Waals surface area (Å²) >= 11 is 5.96. The molecule has 7 heteroatoms. The maximum Gasteiger partial charge on any atom is 0.245 e. The van der Waals surface area contributed by atoms with Crippen LogP contribution in [0, 0.1) is 0 Å². The molecule has 2 aromatic heterocycles. The topological polar surface area (TPSA) is 48.7 Å². The van der Waals surface area contributed by atoms with Gasteiger partial charge in [0.15, 0.2) is 5.65 Å². The predicted octanol–water partition coefficient (Wildman–Crippen LogP) is 0.724. The van der Waals surface area contributed by atoms with Gasteiger partial charge in [-0.1, -0.05) is 11.6 Å². The van der Waals surface area contributed by atoms with Gasteiger partial charge < -0.3 is 10.2 Å². The Morgan fingerprint density at radius 2 is 2.15 bits per heavy atom. The van der Waals surface area contributed by atoms with Crippen molar-refractivity contribution in [3.8, 4) is 0 Å². The zero-order valence-electron chi connectivity index (χ0n) is 11.6. The van der Waals surface area contributed by atoms with Gasteiger partial charge in [0, 0.05) is 52.5 Å². The number of pyridine rings is 1. The molecular weight excluding hydrogens is 276 g/mol. The van der Waals surface area contributed by atoms with Gasteiger partial charge in [-0.15, -0.1) is 5.10 Å². The molecule has 0 bridgehead atoms. The Labute approximate surface area is 123 Å². The van der Waals surface area contributed by atoms with Crippen LogP contribution >= 0.6 is 11.6 Å². The fraction of sp³-hybridized carbons (Fsp3) is 0.538. The molecule has 108 valence electrons. The normalized spacial score (nSPS) is 16.7. The van der Waals surface area contributed by atoms with Gasteiger partial charge >= 0.3 is 0 Å². The van der Waals surface area contributed by atoms with E-state index in [-0.39, 0.29) is 0 Å². The van der Waals surface area contributed by atoms with Crippen LogP contribution in [0.3, 0.4) is 0 Å². The van der Waals surface area contributed by atoms with Gasteiger partial charge in [-0.3, -0.25) is 4.90 Å². The molecule has 0 radical (unpaired) electrons. The fourth-order valence-electron chi connectivity index (χ4n) is 2.33. The first-order valence-corrected chi connectivity index (χ1v) is 7.26. The van der Waals surface area contributed by atoms with E-state index in [9.17, 15) is 0 Å². The third kappa shape index (κ3) is 3.03. The molecule has 0 aromatic carbocycles. The Hall–Kier alpha value is -1.37. The van der Waals surface area contributed by atoms with Crippen molar-refractivity contribution in [1.82, 2.24) is 24.8 Å². The van der Waals surface area contributed by atoms with Gasteiger partial charge in [0.25, 0.3) is 0 Å². The lowest BCUT2D eigenvalue weighted by atomic mass is 10.3. The van der Waals surface area contributed by atoms with Crippen molar-refractivity contribution in [2.24, 2.45) is 0 Å². The third-order valence-corrected chi connectivity index (χ3v) is 3.81. The Morgan fingerprint density at radius 1 is 1.35 bits per heavy atom. The van der Waals surface area contributed by atoms with E-state index in [1.165, 1.54) is 0 Å². The SMILES string of the molecule is CN(CCN1CCNCC1)c1nc2ccc(Cl)cn2n1. The number of rotatable bonds is 4. The van der Waals surface area contributed by atoms with Gasteiger partial charge in [0.05, 0.1) is 5.02 Å². The average Bonchev–Trinajstić information content (AvgIpc) is 2.89. The number of piperazine rings is 1. The first kappa shape index (κ1) is 13.6. The van der Waals surface area contributed by atoms with Crippen LogP contribution in [-0.2, 0) is 0 Å². The predicted molar refractivity (Wildman–Crippen MR) is 80.6 cm³/mol. The van der Waals surface area contributed by atoms with E-state index in [0.717, 1.165) is 50.9 Å². The molecule has 0 amide bonds. The summed E-state index contributed by atoms with van der Waals surface area (Å²) in [5.74, 6) is 0.738.